The molecule has 1 unspecified atom stereocenters. The van der Waals surface area contributed by atoms with E-state index in [0.717, 1.165) is 31.6 Å². The standard InChI is InChI=1S/C12H20ClNOS/c1-12(4-3-5-16-12)11(15)14(2)8-9-6-10(13)7-9/h9-10H,3-8H2,1-2H3. The topological polar surface area (TPSA) is 20.3 Å². The number of amides is 1. The first-order valence-electron chi connectivity index (χ1n) is 6.05. The van der Waals surface area contributed by atoms with E-state index in [9.17, 15) is 4.79 Å². The van der Waals surface area contributed by atoms with Crippen LogP contribution in [0.25, 0.3) is 0 Å². The summed E-state index contributed by atoms with van der Waals surface area (Å²) in [4.78, 5) is 14.2. The predicted octanol–water partition coefficient (Wildman–Crippen LogP) is 2.75. The van der Waals surface area contributed by atoms with Crippen LogP contribution < -0.4 is 0 Å². The number of hydrogen-bond acceptors (Lipinski definition) is 2. The molecule has 0 radical (unpaired) electrons. The third-order valence-corrected chi connectivity index (χ3v) is 5.59. The summed E-state index contributed by atoms with van der Waals surface area (Å²) < 4.78 is -0.154. The van der Waals surface area contributed by atoms with Gasteiger partial charge < -0.3 is 4.90 Å². The van der Waals surface area contributed by atoms with Gasteiger partial charge >= 0.3 is 0 Å². The van der Waals surface area contributed by atoms with Crippen molar-refractivity contribution in [1.29, 1.82) is 0 Å². The summed E-state index contributed by atoms with van der Waals surface area (Å²) in [6.07, 6.45) is 4.35. The summed E-state index contributed by atoms with van der Waals surface area (Å²) in [6, 6.07) is 0. The van der Waals surface area contributed by atoms with Crippen LogP contribution in [0, 0.1) is 5.92 Å². The zero-order chi connectivity index (χ0) is 11.8. The molecule has 0 N–H and O–H groups in total. The number of alkyl halides is 1. The fourth-order valence-corrected chi connectivity index (χ4v) is 4.44. The number of hydrogen-bond donors (Lipinski definition) is 0. The predicted molar refractivity (Wildman–Crippen MR) is 70.1 cm³/mol. The Morgan fingerprint density at radius 2 is 2.25 bits per heavy atom. The molecule has 0 bridgehead atoms. The highest BCUT2D eigenvalue weighted by atomic mass is 35.5. The number of halogens is 1. The zero-order valence-electron chi connectivity index (χ0n) is 10.0. The van der Waals surface area contributed by atoms with E-state index in [1.165, 1.54) is 6.42 Å². The first kappa shape index (κ1) is 12.6. The summed E-state index contributed by atoms with van der Waals surface area (Å²) >= 11 is 7.77. The van der Waals surface area contributed by atoms with Crippen LogP contribution in [0.2, 0.25) is 0 Å². The molecule has 1 aliphatic heterocycles. The van der Waals surface area contributed by atoms with Gasteiger partial charge in [-0.15, -0.1) is 23.4 Å². The average molecular weight is 262 g/mol. The van der Waals surface area contributed by atoms with Gasteiger partial charge in [0.2, 0.25) is 5.91 Å². The maximum atomic E-state index is 12.3. The largest absolute Gasteiger partial charge is 0.344 e. The van der Waals surface area contributed by atoms with Gasteiger partial charge in [-0.2, -0.15) is 0 Å². The lowest BCUT2D eigenvalue weighted by Crippen LogP contribution is -2.45. The van der Waals surface area contributed by atoms with Crippen molar-refractivity contribution in [3.8, 4) is 0 Å². The summed E-state index contributed by atoms with van der Waals surface area (Å²) in [5, 5.41) is 0.352. The van der Waals surface area contributed by atoms with Crippen LogP contribution in [-0.4, -0.2) is 40.3 Å². The number of carbonyl (C=O) groups is 1. The van der Waals surface area contributed by atoms with Gasteiger partial charge in [0.1, 0.15) is 0 Å². The van der Waals surface area contributed by atoms with Crippen molar-refractivity contribution >= 4 is 29.3 Å². The summed E-state index contributed by atoms with van der Waals surface area (Å²) in [5.41, 5.74) is 0. The van der Waals surface area contributed by atoms with Gasteiger partial charge in [-0.1, -0.05) is 0 Å². The molecule has 1 atom stereocenters. The van der Waals surface area contributed by atoms with Gasteiger partial charge in [0, 0.05) is 19.0 Å². The molecule has 2 nitrogen and oxygen atoms in total. The molecule has 1 saturated heterocycles. The van der Waals surface area contributed by atoms with Gasteiger partial charge in [0.15, 0.2) is 0 Å². The van der Waals surface area contributed by atoms with Crippen molar-refractivity contribution in [2.75, 3.05) is 19.3 Å². The highest BCUT2D eigenvalue weighted by Gasteiger charge is 2.40. The van der Waals surface area contributed by atoms with Crippen LogP contribution in [0.4, 0.5) is 0 Å². The van der Waals surface area contributed by atoms with Gasteiger partial charge in [0.05, 0.1) is 4.75 Å². The van der Waals surface area contributed by atoms with Crippen LogP contribution in [0.1, 0.15) is 32.6 Å². The SMILES string of the molecule is CN(CC1CC(Cl)C1)C(=O)C1(C)CCCS1. The van der Waals surface area contributed by atoms with Gasteiger partial charge in [-0.3, -0.25) is 4.79 Å². The average Bonchev–Trinajstić information content (AvgIpc) is 2.63. The Kier molecular flexibility index (Phi) is 3.75. The fraction of sp³-hybridized carbons (Fsp3) is 0.917. The molecule has 0 aromatic heterocycles. The van der Waals surface area contributed by atoms with Gasteiger partial charge in [-0.25, -0.2) is 0 Å². The van der Waals surface area contributed by atoms with E-state index in [-0.39, 0.29) is 4.75 Å². The Hall–Kier alpha value is 0.110. The molecular formula is C12H20ClNOS. The van der Waals surface area contributed by atoms with E-state index >= 15 is 0 Å². The fourth-order valence-electron chi connectivity index (χ4n) is 2.63. The molecule has 0 aromatic rings. The number of thioether (sulfide) groups is 1. The van der Waals surface area contributed by atoms with Crippen molar-refractivity contribution in [3.63, 3.8) is 0 Å². The van der Waals surface area contributed by atoms with Crippen molar-refractivity contribution in [2.24, 2.45) is 5.92 Å². The maximum Gasteiger partial charge on any atom is 0.238 e. The van der Waals surface area contributed by atoms with E-state index in [4.69, 9.17) is 11.6 Å². The van der Waals surface area contributed by atoms with E-state index in [1.807, 2.05) is 23.7 Å². The normalized spacial score (nSPS) is 38.2. The Morgan fingerprint density at radius 3 is 2.75 bits per heavy atom. The smallest absolute Gasteiger partial charge is 0.238 e. The summed E-state index contributed by atoms with van der Waals surface area (Å²) in [6.45, 7) is 2.98. The van der Waals surface area contributed by atoms with Crippen LogP contribution in [0.15, 0.2) is 0 Å². The molecule has 92 valence electrons. The van der Waals surface area contributed by atoms with Crippen LogP contribution in [-0.2, 0) is 4.79 Å². The Morgan fingerprint density at radius 1 is 1.56 bits per heavy atom. The van der Waals surface area contributed by atoms with Crippen molar-refractivity contribution in [1.82, 2.24) is 4.90 Å². The molecule has 2 aliphatic rings. The minimum Gasteiger partial charge on any atom is -0.344 e. The second-order valence-corrected chi connectivity index (χ2v) is 7.52. The first-order valence-corrected chi connectivity index (χ1v) is 7.47. The quantitative estimate of drug-likeness (QED) is 0.728. The van der Waals surface area contributed by atoms with Gasteiger partial charge in [-0.05, 0) is 44.3 Å². The minimum atomic E-state index is -0.154. The summed E-state index contributed by atoms with van der Waals surface area (Å²) in [5.74, 6) is 2.07. The van der Waals surface area contributed by atoms with Crippen molar-refractivity contribution < 1.29 is 4.79 Å². The zero-order valence-corrected chi connectivity index (χ0v) is 11.6. The van der Waals surface area contributed by atoms with Crippen molar-refractivity contribution in [2.45, 2.75) is 42.7 Å². The Balaban J connectivity index is 1.84. The molecule has 4 heteroatoms. The Bertz CT molecular complexity index is 272. The maximum absolute atomic E-state index is 12.3. The lowest BCUT2D eigenvalue weighted by atomic mass is 9.84. The highest BCUT2D eigenvalue weighted by Crippen LogP contribution is 2.40. The molecule has 1 saturated carbocycles. The number of carbonyl (C=O) groups excluding carboxylic acids is 1. The van der Waals surface area contributed by atoms with Gasteiger partial charge in [0.25, 0.3) is 0 Å². The minimum absolute atomic E-state index is 0.154. The number of rotatable bonds is 3. The molecule has 1 heterocycles. The molecule has 1 aliphatic carbocycles. The van der Waals surface area contributed by atoms with Crippen molar-refractivity contribution in [3.05, 3.63) is 0 Å². The molecule has 2 rings (SSSR count). The first-order chi connectivity index (χ1) is 7.51. The molecule has 0 aromatic carbocycles. The molecule has 0 spiro atoms. The van der Waals surface area contributed by atoms with E-state index in [1.54, 1.807) is 0 Å². The lowest BCUT2D eigenvalue weighted by molar-refractivity contribution is -0.133. The Labute approximate surface area is 107 Å². The third kappa shape index (κ3) is 2.51. The van der Waals surface area contributed by atoms with Crippen LogP contribution in [0.3, 0.4) is 0 Å². The molecular weight excluding hydrogens is 242 g/mol. The molecule has 2 fully saturated rings. The monoisotopic (exact) mass is 261 g/mol. The molecule has 1 amide bonds. The molecule has 16 heavy (non-hydrogen) atoms. The number of nitrogens with zero attached hydrogens (tertiary/aromatic N) is 1. The van der Waals surface area contributed by atoms with Crippen LogP contribution in [0.5, 0.6) is 0 Å². The van der Waals surface area contributed by atoms with Crippen LogP contribution >= 0.6 is 23.4 Å². The lowest BCUT2D eigenvalue weighted by Gasteiger charge is -2.36. The summed E-state index contributed by atoms with van der Waals surface area (Å²) in [7, 11) is 1.94. The highest BCUT2D eigenvalue weighted by molar-refractivity contribution is 8.01. The van der Waals surface area contributed by atoms with E-state index in [0.29, 0.717) is 17.2 Å². The second kappa shape index (κ2) is 4.77. The second-order valence-electron chi connectivity index (χ2n) is 5.30. The van der Waals surface area contributed by atoms with E-state index < -0.39 is 0 Å². The third-order valence-electron chi connectivity index (χ3n) is 3.73. The van der Waals surface area contributed by atoms with E-state index in [2.05, 4.69) is 6.92 Å².